The van der Waals surface area contributed by atoms with Gasteiger partial charge in [-0.25, -0.2) is 0 Å². The molecule has 37 heavy (non-hydrogen) atoms. The number of halogens is 1. The summed E-state index contributed by atoms with van der Waals surface area (Å²) in [6.07, 6.45) is 1.97. The number of nitrogens with two attached hydrogens (primary N) is 1. The third-order valence-electron chi connectivity index (χ3n) is 8.26. The van der Waals surface area contributed by atoms with Gasteiger partial charge in [-0.3, -0.25) is 9.59 Å². The Morgan fingerprint density at radius 1 is 1.03 bits per heavy atom. The number of aryl methyl sites for hydroxylation is 1. The van der Waals surface area contributed by atoms with E-state index in [9.17, 15) is 14.7 Å². The van der Waals surface area contributed by atoms with Crippen LogP contribution in [0.25, 0.3) is 10.1 Å². The highest BCUT2D eigenvalue weighted by atomic mass is 35.5. The zero-order valence-corrected chi connectivity index (χ0v) is 23.4. The first kappa shape index (κ1) is 25.9. The van der Waals surface area contributed by atoms with Crippen molar-refractivity contribution in [1.29, 1.82) is 0 Å². The molecule has 0 fully saturated rings. The molecule has 0 unspecified atom stereocenters. The minimum Gasteiger partial charge on any atom is -0.506 e. The first-order valence-electron chi connectivity index (χ1n) is 13.0. The number of anilines is 3. The molecule has 2 amide bonds. The zero-order valence-electron chi connectivity index (χ0n) is 21.9. The molecule has 3 heterocycles. The Balaban J connectivity index is 1.31. The highest BCUT2D eigenvalue weighted by molar-refractivity contribution is 7.17. The van der Waals surface area contributed by atoms with Crippen molar-refractivity contribution in [2.24, 2.45) is 0 Å². The van der Waals surface area contributed by atoms with E-state index < -0.39 is 0 Å². The van der Waals surface area contributed by atoms with E-state index in [1.54, 1.807) is 11.0 Å². The van der Waals surface area contributed by atoms with E-state index in [1.165, 1.54) is 22.5 Å². The average Bonchev–Trinajstić information content (AvgIpc) is 3.55. The summed E-state index contributed by atoms with van der Waals surface area (Å²) in [5.41, 5.74) is 14.2. The van der Waals surface area contributed by atoms with Crippen molar-refractivity contribution in [1.82, 2.24) is 0 Å². The van der Waals surface area contributed by atoms with Crippen LogP contribution in [-0.4, -0.2) is 35.9 Å². The topological polar surface area (TPSA) is 86.9 Å². The Hall–Kier alpha value is -2.77. The maximum absolute atomic E-state index is 13.3. The van der Waals surface area contributed by atoms with Crippen LogP contribution in [0.3, 0.4) is 0 Å². The van der Waals surface area contributed by atoms with Crippen molar-refractivity contribution in [2.75, 3.05) is 34.5 Å². The van der Waals surface area contributed by atoms with Gasteiger partial charge >= 0.3 is 0 Å². The van der Waals surface area contributed by atoms with Crippen molar-refractivity contribution in [3.63, 3.8) is 0 Å². The summed E-state index contributed by atoms with van der Waals surface area (Å²) in [5, 5.41) is 13.7. The number of thiophene rings is 1. The maximum Gasteiger partial charge on any atom is 0.227 e. The van der Waals surface area contributed by atoms with Crippen molar-refractivity contribution in [3.05, 3.63) is 45.3 Å². The Labute approximate surface area is 227 Å². The van der Waals surface area contributed by atoms with Crippen molar-refractivity contribution in [2.45, 2.75) is 65.2 Å². The first-order chi connectivity index (χ1) is 17.7. The molecule has 6 nitrogen and oxygen atoms in total. The molecule has 0 saturated carbocycles. The molecule has 2 aromatic carbocycles. The quantitative estimate of drug-likeness (QED) is 0.277. The fourth-order valence-corrected chi connectivity index (χ4v) is 7.33. The number of nitrogen functional groups attached to an aromatic ring is 1. The summed E-state index contributed by atoms with van der Waals surface area (Å²) >= 11 is 7.83. The van der Waals surface area contributed by atoms with E-state index in [2.05, 4.69) is 13.8 Å². The summed E-state index contributed by atoms with van der Waals surface area (Å²) in [6.45, 7) is 9.45. The van der Waals surface area contributed by atoms with E-state index in [0.717, 1.165) is 44.6 Å². The lowest BCUT2D eigenvalue weighted by Crippen LogP contribution is -2.31. The van der Waals surface area contributed by atoms with Crippen LogP contribution in [0.15, 0.2) is 17.5 Å². The maximum atomic E-state index is 13.3. The van der Waals surface area contributed by atoms with Crippen molar-refractivity contribution >= 4 is 61.9 Å². The van der Waals surface area contributed by atoms with Gasteiger partial charge in [0, 0.05) is 66.5 Å². The summed E-state index contributed by atoms with van der Waals surface area (Å²) in [7, 11) is 0. The number of hydrogen-bond acceptors (Lipinski definition) is 5. The van der Waals surface area contributed by atoms with Crippen LogP contribution in [0.2, 0.25) is 0 Å². The number of carbonyl (C=O) groups is 2. The van der Waals surface area contributed by atoms with Crippen molar-refractivity contribution < 1.29 is 14.7 Å². The molecule has 196 valence electrons. The number of phenolic OH excluding ortho intramolecular Hbond substituents is 1. The van der Waals surface area contributed by atoms with Crippen LogP contribution >= 0.6 is 22.9 Å². The largest absolute Gasteiger partial charge is 0.506 e. The van der Waals surface area contributed by atoms with Gasteiger partial charge in [0.2, 0.25) is 11.8 Å². The molecule has 2 aliphatic heterocycles. The SMILES string of the molecule is CC[C@@H]1CN(C(=O)CCCC(=O)N2C[C@@H](CCl)c3c2cc(O)c2scc(C)c32)c2cc(N)c(C)c(C)c21. The number of hydrogen-bond donors (Lipinski definition) is 2. The number of rotatable bonds is 6. The molecule has 0 spiro atoms. The molecular weight excluding hydrogens is 506 g/mol. The molecule has 3 aromatic rings. The first-order valence-corrected chi connectivity index (χ1v) is 14.4. The number of alkyl halides is 1. The lowest BCUT2D eigenvalue weighted by Gasteiger charge is -2.20. The smallest absolute Gasteiger partial charge is 0.227 e. The predicted octanol–water partition coefficient (Wildman–Crippen LogP) is 6.49. The van der Waals surface area contributed by atoms with E-state index in [4.69, 9.17) is 17.3 Å². The second-order valence-corrected chi connectivity index (χ2v) is 11.6. The third kappa shape index (κ3) is 4.16. The van der Waals surface area contributed by atoms with Gasteiger partial charge < -0.3 is 20.6 Å². The molecule has 0 radical (unpaired) electrons. The second kappa shape index (κ2) is 9.84. The van der Waals surface area contributed by atoms with Gasteiger partial charge in [-0.15, -0.1) is 22.9 Å². The number of aromatic hydroxyl groups is 1. The second-order valence-electron chi connectivity index (χ2n) is 10.4. The summed E-state index contributed by atoms with van der Waals surface area (Å²) < 4.78 is 0.841. The van der Waals surface area contributed by atoms with Gasteiger partial charge in [-0.1, -0.05) is 6.92 Å². The predicted molar refractivity (Wildman–Crippen MR) is 154 cm³/mol. The molecular formula is C29H34ClN3O3S. The number of benzene rings is 2. The minimum absolute atomic E-state index is 0.0166. The van der Waals surface area contributed by atoms with Crippen LogP contribution in [0.4, 0.5) is 17.1 Å². The number of nitrogens with zero attached hydrogens (tertiary/aromatic N) is 2. The van der Waals surface area contributed by atoms with Crippen LogP contribution in [0.1, 0.15) is 72.3 Å². The molecule has 0 saturated heterocycles. The zero-order chi connectivity index (χ0) is 26.6. The summed E-state index contributed by atoms with van der Waals surface area (Å²) in [6, 6.07) is 3.63. The van der Waals surface area contributed by atoms with E-state index in [-0.39, 0.29) is 29.9 Å². The Morgan fingerprint density at radius 2 is 1.65 bits per heavy atom. The Morgan fingerprint density at radius 3 is 2.27 bits per heavy atom. The molecule has 0 aliphatic carbocycles. The van der Waals surface area contributed by atoms with Gasteiger partial charge in [0.25, 0.3) is 0 Å². The lowest BCUT2D eigenvalue weighted by atomic mass is 9.91. The summed E-state index contributed by atoms with van der Waals surface area (Å²) in [5.74, 6) is 0.900. The van der Waals surface area contributed by atoms with Crippen LogP contribution in [0, 0.1) is 20.8 Å². The highest BCUT2D eigenvalue weighted by Crippen LogP contribution is 2.48. The molecule has 5 rings (SSSR count). The van der Waals surface area contributed by atoms with Crippen LogP contribution < -0.4 is 15.5 Å². The number of amides is 2. The van der Waals surface area contributed by atoms with Gasteiger partial charge in [-0.05, 0) is 72.9 Å². The molecule has 2 atom stereocenters. The Bertz CT molecular complexity index is 1420. The summed E-state index contributed by atoms with van der Waals surface area (Å²) in [4.78, 5) is 30.2. The van der Waals surface area contributed by atoms with E-state index in [1.807, 2.05) is 30.2 Å². The van der Waals surface area contributed by atoms with E-state index in [0.29, 0.717) is 43.4 Å². The van der Waals surface area contributed by atoms with Gasteiger partial charge in [0.15, 0.2) is 0 Å². The molecule has 1 aromatic heterocycles. The fourth-order valence-electron chi connectivity index (χ4n) is 6.10. The molecule has 3 N–H and O–H groups in total. The number of fused-ring (bicyclic) bond motifs is 4. The third-order valence-corrected chi connectivity index (χ3v) is 9.75. The number of phenols is 1. The minimum atomic E-state index is -0.0442. The highest BCUT2D eigenvalue weighted by Gasteiger charge is 2.36. The fraction of sp³-hybridized carbons (Fsp3) is 0.448. The monoisotopic (exact) mass is 539 g/mol. The average molecular weight is 540 g/mol. The van der Waals surface area contributed by atoms with Gasteiger partial charge in [0.05, 0.1) is 10.4 Å². The molecule has 0 bridgehead atoms. The van der Waals surface area contributed by atoms with Crippen LogP contribution in [-0.2, 0) is 9.59 Å². The van der Waals surface area contributed by atoms with Crippen LogP contribution in [0.5, 0.6) is 5.75 Å². The number of carbonyl (C=O) groups excluding carboxylic acids is 2. The molecule has 8 heteroatoms. The van der Waals surface area contributed by atoms with Crippen molar-refractivity contribution in [3.8, 4) is 5.75 Å². The van der Waals surface area contributed by atoms with Gasteiger partial charge in [-0.2, -0.15) is 0 Å². The van der Waals surface area contributed by atoms with E-state index >= 15 is 0 Å². The lowest BCUT2D eigenvalue weighted by molar-refractivity contribution is -0.119. The standard InChI is InChI=1S/C29H34ClN3O3S/c1-5-18-12-32(21-9-20(31)16(3)17(4)27(18)21)24(35)7-6-8-25(36)33-13-19(11-30)28-22(33)10-23(34)29-26(28)15(2)14-37-29/h9-10,14,18-19,34H,5-8,11-13,31H2,1-4H3/t18-,19-/m1/s1. The Kier molecular flexibility index (Phi) is 6.88. The normalized spacial score (nSPS) is 18.5. The molecule has 2 aliphatic rings. The van der Waals surface area contributed by atoms with Gasteiger partial charge in [0.1, 0.15) is 5.75 Å².